The second-order valence-electron chi connectivity index (χ2n) is 3.77. The molecule has 0 radical (unpaired) electrons. The van der Waals surface area contributed by atoms with Gasteiger partial charge in [-0.3, -0.25) is 0 Å². The minimum atomic E-state index is -0.118. The first-order chi connectivity index (χ1) is 9.78. The molecule has 0 spiro atoms. The Morgan fingerprint density at radius 2 is 1.75 bits per heavy atom. The summed E-state index contributed by atoms with van der Waals surface area (Å²) >= 11 is 5.46. The van der Waals surface area contributed by atoms with Gasteiger partial charge in [-0.1, -0.05) is 42.5 Å². The number of alkyl halides is 1. The molecule has 4 heteroatoms. The number of halogens is 1. The monoisotopic (exact) mass is 312 g/mol. The van der Waals surface area contributed by atoms with Gasteiger partial charge in [-0.05, 0) is 25.5 Å². The van der Waals surface area contributed by atoms with Crippen LogP contribution in [0.5, 0.6) is 0 Å². The Morgan fingerprint density at radius 1 is 1.15 bits per heavy atom. The maximum Gasteiger partial charge on any atom is 0.176 e. The van der Waals surface area contributed by atoms with Crippen LogP contribution in [0, 0.1) is 0 Å². The van der Waals surface area contributed by atoms with Crippen molar-refractivity contribution >= 4 is 27.9 Å². The van der Waals surface area contributed by atoms with Gasteiger partial charge in [0.25, 0.3) is 0 Å². The predicted octanol–water partition coefficient (Wildman–Crippen LogP) is 3.20. The highest BCUT2D eigenvalue weighted by molar-refractivity contribution is 6.19. The molecule has 0 aliphatic heterocycles. The summed E-state index contributed by atoms with van der Waals surface area (Å²) in [5, 5.41) is 0. The lowest BCUT2D eigenvalue weighted by molar-refractivity contribution is -0.103. The van der Waals surface area contributed by atoms with E-state index in [1.165, 1.54) is 5.56 Å². The molecule has 0 unspecified atom stereocenters. The summed E-state index contributed by atoms with van der Waals surface area (Å²) in [6.45, 7) is 5.34. The second-order valence-corrected chi connectivity index (χ2v) is 4.75. The summed E-state index contributed by atoms with van der Waals surface area (Å²) in [6.07, 6.45) is 5.77. The van der Waals surface area contributed by atoms with E-state index in [9.17, 15) is 0 Å². The molecular formula is C16H25ClO2Si. The maximum absolute atomic E-state index is 5.46. The fourth-order valence-electron chi connectivity index (χ4n) is 1.39. The van der Waals surface area contributed by atoms with Crippen molar-refractivity contribution in [2.24, 2.45) is 0 Å². The van der Waals surface area contributed by atoms with E-state index in [0.29, 0.717) is 19.1 Å². The fraction of sp³-hybridized carbons (Fsp3) is 0.375. The minimum absolute atomic E-state index is 0.118. The van der Waals surface area contributed by atoms with Gasteiger partial charge in [-0.15, -0.1) is 17.3 Å². The summed E-state index contributed by atoms with van der Waals surface area (Å²) in [4.78, 5) is 0. The van der Waals surface area contributed by atoms with Crippen LogP contribution in [-0.4, -0.2) is 35.6 Å². The van der Waals surface area contributed by atoms with Crippen LogP contribution in [-0.2, 0) is 9.47 Å². The summed E-state index contributed by atoms with van der Waals surface area (Å²) in [5.41, 5.74) is 3.26. The van der Waals surface area contributed by atoms with Crippen molar-refractivity contribution in [3.05, 3.63) is 53.7 Å². The summed E-state index contributed by atoms with van der Waals surface area (Å²) in [5.74, 6) is 0.578. The van der Waals surface area contributed by atoms with E-state index in [0.717, 1.165) is 10.2 Å². The lowest BCUT2D eigenvalue weighted by atomic mass is 10.2. The van der Waals surface area contributed by atoms with Gasteiger partial charge >= 0.3 is 0 Å². The molecular weight excluding hydrogens is 288 g/mol. The van der Waals surface area contributed by atoms with Crippen LogP contribution in [0.3, 0.4) is 0 Å². The molecule has 0 aliphatic carbocycles. The zero-order chi connectivity index (χ0) is 15.1. The van der Waals surface area contributed by atoms with Gasteiger partial charge in [-0.2, -0.15) is 0 Å². The molecule has 0 bridgehead atoms. The molecule has 0 fully saturated rings. The Labute approximate surface area is 130 Å². The smallest absolute Gasteiger partial charge is 0.176 e. The molecule has 0 heterocycles. The van der Waals surface area contributed by atoms with Crippen molar-refractivity contribution in [2.75, 3.05) is 19.1 Å². The molecule has 0 saturated heterocycles. The van der Waals surface area contributed by atoms with Gasteiger partial charge in [0.2, 0.25) is 0 Å². The first-order valence-corrected chi connectivity index (χ1v) is 8.60. The molecule has 2 nitrogen and oxygen atoms in total. The summed E-state index contributed by atoms with van der Waals surface area (Å²) in [6, 6.07) is 10.1. The van der Waals surface area contributed by atoms with E-state index >= 15 is 0 Å². The first kappa shape index (κ1) is 19.1. The van der Waals surface area contributed by atoms with Crippen LogP contribution >= 0.6 is 11.6 Å². The largest absolute Gasteiger partial charge is 0.349 e. The Kier molecular flexibility index (Phi) is 13.9. The molecule has 1 aromatic rings. The maximum atomic E-state index is 5.46. The van der Waals surface area contributed by atoms with Crippen LogP contribution in [0.4, 0.5) is 0 Å². The standard InChI is InChI=1S/C9H9Cl.C7H16O2Si/c10-8-4-7-9-5-2-1-3-6-9;1-3-8-7(5-6-10)9-4-2/h1-7H,8H2;5-7H,3-4H2,1-2,10H3. The van der Waals surface area contributed by atoms with Crippen LogP contribution in [0.2, 0.25) is 0 Å². The Bertz CT molecular complexity index is 360. The number of hydrogen-bond donors (Lipinski definition) is 0. The van der Waals surface area contributed by atoms with Crippen molar-refractivity contribution in [1.82, 2.24) is 0 Å². The highest BCUT2D eigenvalue weighted by Gasteiger charge is 1.99. The molecule has 0 saturated carbocycles. The average molecular weight is 313 g/mol. The van der Waals surface area contributed by atoms with Crippen molar-refractivity contribution < 1.29 is 9.47 Å². The van der Waals surface area contributed by atoms with Gasteiger partial charge in [0.05, 0.1) is 0 Å². The zero-order valence-electron chi connectivity index (χ0n) is 12.6. The Balaban J connectivity index is 0.000000361. The number of ether oxygens (including phenoxy) is 2. The number of allylic oxidation sites excluding steroid dienone is 1. The molecule has 0 amide bonds. The normalized spacial score (nSPS) is 11.2. The molecule has 0 aromatic heterocycles. The molecule has 1 rings (SSSR count). The zero-order valence-corrected chi connectivity index (χ0v) is 15.3. The van der Waals surface area contributed by atoms with E-state index < -0.39 is 0 Å². The van der Waals surface area contributed by atoms with Gasteiger partial charge in [0.1, 0.15) is 0 Å². The first-order valence-electron chi connectivity index (χ1n) is 6.92. The summed E-state index contributed by atoms with van der Waals surface area (Å²) < 4.78 is 10.5. The fourth-order valence-corrected chi connectivity index (χ4v) is 1.79. The highest BCUT2D eigenvalue weighted by Crippen LogP contribution is 2.00. The van der Waals surface area contributed by atoms with Crippen LogP contribution in [0.15, 0.2) is 48.2 Å². The van der Waals surface area contributed by atoms with E-state index in [4.69, 9.17) is 21.1 Å². The van der Waals surface area contributed by atoms with E-state index in [-0.39, 0.29) is 6.29 Å². The molecule has 0 atom stereocenters. The Hall–Kier alpha value is -0.873. The number of benzene rings is 1. The average Bonchev–Trinajstić information content (AvgIpc) is 2.48. The molecule has 112 valence electrons. The molecule has 0 aliphatic rings. The molecule has 20 heavy (non-hydrogen) atoms. The van der Waals surface area contributed by atoms with Crippen molar-refractivity contribution in [1.29, 1.82) is 0 Å². The van der Waals surface area contributed by atoms with Gasteiger partial charge in [0, 0.05) is 29.3 Å². The van der Waals surface area contributed by atoms with Crippen molar-refractivity contribution in [2.45, 2.75) is 20.1 Å². The van der Waals surface area contributed by atoms with Crippen LogP contribution < -0.4 is 0 Å². The van der Waals surface area contributed by atoms with Crippen molar-refractivity contribution in [3.8, 4) is 0 Å². The molecule has 0 N–H and O–H groups in total. The minimum Gasteiger partial charge on any atom is -0.349 e. The third-order valence-electron chi connectivity index (χ3n) is 2.21. The number of hydrogen-bond acceptors (Lipinski definition) is 2. The second kappa shape index (κ2) is 14.5. The third kappa shape index (κ3) is 11.0. The van der Waals surface area contributed by atoms with Gasteiger partial charge < -0.3 is 9.47 Å². The Morgan fingerprint density at radius 3 is 2.20 bits per heavy atom. The highest BCUT2D eigenvalue weighted by atomic mass is 35.5. The van der Waals surface area contributed by atoms with E-state index in [1.54, 1.807) is 0 Å². The van der Waals surface area contributed by atoms with Gasteiger partial charge in [-0.25, -0.2) is 0 Å². The SMILES string of the molecule is CCOC(C=C[SiH3])OCC.ClCC=Cc1ccccc1. The van der Waals surface area contributed by atoms with Crippen molar-refractivity contribution in [3.63, 3.8) is 0 Å². The van der Waals surface area contributed by atoms with Crippen LogP contribution in [0.1, 0.15) is 19.4 Å². The van der Waals surface area contributed by atoms with E-state index in [1.807, 2.05) is 62.4 Å². The molecule has 1 aromatic carbocycles. The number of rotatable bonds is 7. The third-order valence-corrected chi connectivity index (χ3v) is 2.77. The van der Waals surface area contributed by atoms with Crippen LogP contribution in [0.25, 0.3) is 6.08 Å². The lowest BCUT2D eigenvalue weighted by Gasteiger charge is -2.11. The predicted molar refractivity (Wildman–Crippen MR) is 92.3 cm³/mol. The summed E-state index contributed by atoms with van der Waals surface area (Å²) in [7, 11) is 1.06. The lowest BCUT2D eigenvalue weighted by Crippen LogP contribution is -2.13. The van der Waals surface area contributed by atoms with Gasteiger partial charge in [0.15, 0.2) is 6.29 Å². The topological polar surface area (TPSA) is 18.5 Å². The van der Waals surface area contributed by atoms with E-state index in [2.05, 4.69) is 5.70 Å². The quantitative estimate of drug-likeness (QED) is 0.437.